The van der Waals surface area contributed by atoms with Gasteiger partial charge in [-0.3, -0.25) is 4.98 Å². The van der Waals surface area contributed by atoms with Crippen LogP contribution in [0, 0.1) is 10.5 Å². The fourth-order valence-corrected chi connectivity index (χ4v) is 2.42. The van der Waals surface area contributed by atoms with Crippen LogP contribution in [0.5, 0.6) is 0 Å². The molecule has 18 heavy (non-hydrogen) atoms. The second-order valence-electron chi connectivity index (χ2n) is 3.86. The van der Waals surface area contributed by atoms with Gasteiger partial charge in [0.1, 0.15) is 0 Å². The predicted octanol–water partition coefficient (Wildman–Crippen LogP) is 4.68. The monoisotopic (exact) mass is 363 g/mol. The molecule has 0 aliphatic carbocycles. The minimum atomic E-state index is -4.31. The summed E-state index contributed by atoms with van der Waals surface area (Å²) in [7, 11) is 0. The molecule has 0 N–H and O–H groups in total. The summed E-state index contributed by atoms with van der Waals surface area (Å²) in [5.74, 6) is 0. The van der Waals surface area contributed by atoms with Crippen molar-refractivity contribution in [2.24, 2.45) is 0 Å². The van der Waals surface area contributed by atoms with Gasteiger partial charge in [0, 0.05) is 15.3 Å². The van der Waals surface area contributed by atoms with E-state index in [0.717, 1.165) is 29.0 Å². The molecule has 0 bridgehead atoms. The van der Waals surface area contributed by atoms with E-state index in [4.69, 9.17) is 0 Å². The molecule has 0 amide bonds. The molecule has 1 heterocycles. The SMILES string of the molecule is Cc1cccnc1-c1ccc(C(F)(F)F)cc1I. The van der Waals surface area contributed by atoms with E-state index in [-0.39, 0.29) is 0 Å². The maximum atomic E-state index is 12.6. The van der Waals surface area contributed by atoms with Crippen molar-refractivity contribution in [3.8, 4) is 11.3 Å². The number of benzene rings is 1. The maximum absolute atomic E-state index is 12.6. The number of aryl methyl sites for hydroxylation is 1. The lowest BCUT2D eigenvalue weighted by Crippen LogP contribution is -2.05. The average molecular weight is 363 g/mol. The molecule has 0 saturated carbocycles. The van der Waals surface area contributed by atoms with Crippen molar-refractivity contribution in [1.82, 2.24) is 4.98 Å². The number of alkyl halides is 3. The number of aromatic nitrogens is 1. The third-order valence-electron chi connectivity index (χ3n) is 2.56. The summed E-state index contributed by atoms with van der Waals surface area (Å²) in [5, 5.41) is 0. The summed E-state index contributed by atoms with van der Waals surface area (Å²) in [4.78, 5) is 4.22. The molecule has 2 rings (SSSR count). The van der Waals surface area contributed by atoms with Crippen LogP contribution in [0.15, 0.2) is 36.5 Å². The third-order valence-corrected chi connectivity index (χ3v) is 3.45. The normalized spacial score (nSPS) is 11.6. The van der Waals surface area contributed by atoms with Crippen molar-refractivity contribution in [3.63, 3.8) is 0 Å². The first-order chi connectivity index (χ1) is 8.39. The molecule has 5 heteroatoms. The highest BCUT2D eigenvalue weighted by Crippen LogP contribution is 2.34. The molecule has 1 nitrogen and oxygen atoms in total. The van der Waals surface area contributed by atoms with E-state index in [9.17, 15) is 13.2 Å². The van der Waals surface area contributed by atoms with Crippen LogP contribution in [-0.2, 0) is 6.18 Å². The lowest BCUT2D eigenvalue weighted by atomic mass is 10.0. The zero-order valence-electron chi connectivity index (χ0n) is 9.42. The lowest BCUT2D eigenvalue weighted by Gasteiger charge is -2.11. The smallest absolute Gasteiger partial charge is 0.256 e. The highest BCUT2D eigenvalue weighted by Gasteiger charge is 2.30. The van der Waals surface area contributed by atoms with Gasteiger partial charge in [0.2, 0.25) is 0 Å². The van der Waals surface area contributed by atoms with Crippen molar-refractivity contribution in [3.05, 3.63) is 51.2 Å². The Hall–Kier alpha value is -1.11. The highest BCUT2D eigenvalue weighted by molar-refractivity contribution is 14.1. The molecule has 0 unspecified atom stereocenters. The van der Waals surface area contributed by atoms with Gasteiger partial charge in [-0.1, -0.05) is 12.1 Å². The largest absolute Gasteiger partial charge is 0.416 e. The van der Waals surface area contributed by atoms with Crippen molar-refractivity contribution in [2.75, 3.05) is 0 Å². The van der Waals surface area contributed by atoms with Crippen LogP contribution < -0.4 is 0 Å². The van der Waals surface area contributed by atoms with Crippen LogP contribution in [0.1, 0.15) is 11.1 Å². The van der Waals surface area contributed by atoms with E-state index in [2.05, 4.69) is 4.98 Å². The van der Waals surface area contributed by atoms with Crippen molar-refractivity contribution < 1.29 is 13.2 Å². The Balaban J connectivity index is 2.52. The van der Waals surface area contributed by atoms with Crippen LogP contribution in [0.2, 0.25) is 0 Å². The molecule has 0 atom stereocenters. The first-order valence-corrected chi connectivity index (χ1v) is 6.26. The molecule has 0 fully saturated rings. The van der Waals surface area contributed by atoms with Crippen LogP contribution in [-0.4, -0.2) is 4.98 Å². The van der Waals surface area contributed by atoms with Crippen molar-refractivity contribution in [1.29, 1.82) is 0 Å². The fourth-order valence-electron chi connectivity index (χ4n) is 1.65. The van der Waals surface area contributed by atoms with Gasteiger partial charge in [0.15, 0.2) is 0 Å². The molecule has 0 aliphatic rings. The van der Waals surface area contributed by atoms with Crippen LogP contribution in [0.25, 0.3) is 11.3 Å². The molecular formula is C13H9F3IN. The predicted molar refractivity (Wildman–Crippen MR) is 72.1 cm³/mol. The summed E-state index contributed by atoms with van der Waals surface area (Å²) in [6, 6.07) is 7.39. The number of hydrogen-bond donors (Lipinski definition) is 0. The molecule has 0 saturated heterocycles. The van der Waals surface area contributed by atoms with Gasteiger partial charge < -0.3 is 0 Å². The van der Waals surface area contributed by atoms with Gasteiger partial charge in [-0.25, -0.2) is 0 Å². The Labute approximate surface area is 116 Å². The standard InChI is InChI=1S/C13H9F3IN/c1-8-3-2-6-18-12(8)10-5-4-9(7-11(10)17)13(14,15)16/h2-7H,1H3. The maximum Gasteiger partial charge on any atom is 0.416 e. The van der Waals surface area contributed by atoms with Crippen LogP contribution >= 0.6 is 22.6 Å². The molecular weight excluding hydrogens is 354 g/mol. The number of pyridine rings is 1. The Kier molecular flexibility index (Phi) is 3.61. The van der Waals surface area contributed by atoms with E-state index in [1.807, 2.05) is 35.6 Å². The van der Waals surface area contributed by atoms with Gasteiger partial charge in [-0.05, 0) is 53.3 Å². The topological polar surface area (TPSA) is 12.9 Å². The second-order valence-corrected chi connectivity index (χ2v) is 5.02. The van der Waals surface area contributed by atoms with Gasteiger partial charge >= 0.3 is 6.18 Å². The molecule has 94 valence electrons. The van der Waals surface area contributed by atoms with E-state index >= 15 is 0 Å². The van der Waals surface area contributed by atoms with Gasteiger partial charge in [-0.15, -0.1) is 0 Å². The summed E-state index contributed by atoms with van der Waals surface area (Å²) >= 11 is 1.91. The Morgan fingerprint density at radius 1 is 1.17 bits per heavy atom. The number of hydrogen-bond acceptors (Lipinski definition) is 1. The van der Waals surface area contributed by atoms with E-state index in [1.54, 1.807) is 12.3 Å². The van der Waals surface area contributed by atoms with E-state index in [1.165, 1.54) is 6.07 Å². The van der Waals surface area contributed by atoms with Gasteiger partial charge in [0.05, 0.1) is 11.3 Å². The molecule has 1 aromatic carbocycles. The molecule has 0 radical (unpaired) electrons. The Morgan fingerprint density at radius 2 is 1.89 bits per heavy atom. The number of halogens is 4. The summed E-state index contributed by atoms with van der Waals surface area (Å²) in [6.45, 7) is 1.89. The average Bonchev–Trinajstić information content (AvgIpc) is 2.29. The van der Waals surface area contributed by atoms with Gasteiger partial charge in [-0.2, -0.15) is 13.2 Å². The van der Waals surface area contributed by atoms with Crippen LogP contribution in [0.4, 0.5) is 13.2 Å². The first kappa shape index (κ1) is 13.3. The zero-order valence-corrected chi connectivity index (χ0v) is 11.6. The summed E-state index contributed by atoms with van der Waals surface area (Å²) in [5.41, 5.74) is 1.75. The molecule has 0 aliphatic heterocycles. The highest BCUT2D eigenvalue weighted by atomic mass is 127. The summed E-state index contributed by atoms with van der Waals surface area (Å²) in [6.07, 6.45) is -2.67. The second kappa shape index (κ2) is 4.87. The van der Waals surface area contributed by atoms with Crippen molar-refractivity contribution >= 4 is 22.6 Å². The Morgan fingerprint density at radius 3 is 2.44 bits per heavy atom. The molecule has 0 spiro atoms. The minimum Gasteiger partial charge on any atom is -0.256 e. The van der Waals surface area contributed by atoms with Crippen molar-refractivity contribution in [2.45, 2.75) is 13.1 Å². The number of nitrogens with zero attached hydrogens (tertiary/aromatic N) is 1. The van der Waals surface area contributed by atoms with E-state index in [0.29, 0.717) is 3.57 Å². The lowest BCUT2D eigenvalue weighted by molar-refractivity contribution is -0.137. The fraction of sp³-hybridized carbons (Fsp3) is 0.154. The van der Waals surface area contributed by atoms with Gasteiger partial charge in [0.25, 0.3) is 0 Å². The van der Waals surface area contributed by atoms with Crippen LogP contribution in [0.3, 0.4) is 0 Å². The first-order valence-electron chi connectivity index (χ1n) is 5.18. The Bertz CT molecular complexity index is 579. The number of rotatable bonds is 1. The van der Waals surface area contributed by atoms with E-state index < -0.39 is 11.7 Å². The third kappa shape index (κ3) is 2.66. The zero-order chi connectivity index (χ0) is 13.3. The molecule has 2 aromatic rings. The molecule has 1 aromatic heterocycles. The summed E-state index contributed by atoms with van der Waals surface area (Å²) < 4.78 is 38.2. The minimum absolute atomic E-state index is 0.546. The quantitative estimate of drug-likeness (QED) is 0.671.